The number of rotatable bonds is 2. The van der Waals surface area contributed by atoms with E-state index < -0.39 is 0 Å². The zero-order valence-electron chi connectivity index (χ0n) is 9.26. The van der Waals surface area contributed by atoms with Gasteiger partial charge in [-0.05, 0) is 36.4 Å². The number of hydrogen-bond donors (Lipinski definition) is 0. The second kappa shape index (κ2) is 4.27. The Kier molecular flexibility index (Phi) is 2.61. The number of carbonyl (C=O) groups is 1. The Labute approximate surface area is 108 Å². The quantitative estimate of drug-likeness (QED) is 0.653. The van der Waals surface area contributed by atoms with Gasteiger partial charge in [-0.2, -0.15) is 0 Å². The molecule has 4 heteroatoms. The summed E-state index contributed by atoms with van der Waals surface area (Å²) in [6, 6.07) is 10.7. The highest BCUT2D eigenvalue weighted by atomic mass is 35.5. The van der Waals surface area contributed by atoms with Gasteiger partial charge in [-0.25, -0.2) is 0 Å². The van der Waals surface area contributed by atoms with Gasteiger partial charge in [0.25, 0.3) is 0 Å². The van der Waals surface area contributed by atoms with E-state index in [1.165, 1.54) is 0 Å². The van der Waals surface area contributed by atoms with Crippen molar-refractivity contribution in [2.24, 2.45) is 0 Å². The summed E-state index contributed by atoms with van der Waals surface area (Å²) >= 11 is 6.12. The van der Waals surface area contributed by atoms with E-state index >= 15 is 0 Å². The molecule has 18 heavy (non-hydrogen) atoms. The van der Waals surface area contributed by atoms with Crippen molar-refractivity contribution in [2.75, 3.05) is 0 Å². The maximum absolute atomic E-state index is 10.6. The van der Waals surface area contributed by atoms with Crippen LogP contribution in [0, 0.1) is 0 Å². The molecule has 0 saturated heterocycles. The molecule has 0 N–H and O–H groups in total. The molecule has 0 aliphatic carbocycles. The highest BCUT2D eigenvalue weighted by molar-refractivity contribution is 6.35. The van der Waals surface area contributed by atoms with Gasteiger partial charge in [0.15, 0.2) is 12.0 Å². The first-order chi connectivity index (χ1) is 8.79. The van der Waals surface area contributed by atoms with Crippen LogP contribution in [0.25, 0.3) is 22.2 Å². The second-order valence-corrected chi connectivity index (χ2v) is 4.22. The number of fused-ring (bicyclic) bond motifs is 1. The van der Waals surface area contributed by atoms with E-state index in [0.717, 1.165) is 16.5 Å². The van der Waals surface area contributed by atoms with Crippen LogP contribution in [0.2, 0.25) is 5.02 Å². The lowest BCUT2D eigenvalue weighted by Gasteiger charge is -2.04. The second-order valence-electron chi connectivity index (χ2n) is 3.81. The molecule has 2 aromatic heterocycles. The van der Waals surface area contributed by atoms with Gasteiger partial charge in [-0.1, -0.05) is 11.6 Å². The van der Waals surface area contributed by atoms with Gasteiger partial charge in [0.2, 0.25) is 0 Å². The maximum atomic E-state index is 10.6. The van der Waals surface area contributed by atoms with Gasteiger partial charge in [-0.15, -0.1) is 0 Å². The average molecular weight is 258 g/mol. The van der Waals surface area contributed by atoms with E-state index in [1.807, 2.05) is 18.2 Å². The lowest BCUT2D eigenvalue weighted by Crippen LogP contribution is -1.84. The number of aromatic nitrogens is 1. The van der Waals surface area contributed by atoms with E-state index in [1.54, 1.807) is 24.4 Å². The van der Waals surface area contributed by atoms with Crippen LogP contribution in [0.5, 0.6) is 0 Å². The fraction of sp³-hybridized carbons (Fsp3) is 0. The number of carbonyl (C=O) groups excluding carboxylic acids is 1. The summed E-state index contributed by atoms with van der Waals surface area (Å²) in [6.45, 7) is 0. The van der Waals surface area contributed by atoms with E-state index in [9.17, 15) is 4.79 Å². The lowest BCUT2D eigenvalue weighted by molar-refractivity contribution is 0.110. The van der Waals surface area contributed by atoms with Crippen molar-refractivity contribution in [3.05, 3.63) is 53.4 Å². The minimum Gasteiger partial charge on any atom is -0.453 e. The molecule has 1 aromatic carbocycles. The van der Waals surface area contributed by atoms with Gasteiger partial charge in [-0.3, -0.25) is 9.78 Å². The zero-order valence-corrected chi connectivity index (χ0v) is 10.0. The van der Waals surface area contributed by atoms with E-state index in [0.29, 0.717) is 22.8 Å². The normalized spacial score (nSPS) is 10.7. The van der Waals surface area contributed by atoms with Gasteiger partial charge in [0.1, 0.15) is 5.76 Å². The largest absolute Gasteiger partial charge is 0.453 e. The first-order valence-corrected chi connectivity index (χ1v) is 5.76. The fourth-order valence-electron chi connectivity index (χ4n) is 1.90. The monoisotopic (exact) mass is 257 g/mol. The first kappa shape index (κ1) is 11.0. The fourth-order valence-corrected chi connectivity index (χ4v) is 2.11. The minimum absolute atomic E-state index is 0.295. The number of aldehydes is 1. The van der Waals surface area contributed by atoms with Gasteiger partial charge in [0, 0.05) is 17.1 Å². The zero-order chi connectivity index (χ0) is 12.5. The van der Waals surface area contributed by atoms with Crippen molar-refractivity contribution >= 4 is 28.8 Å². The van der Waals surface area contributed by atoms with E-state index in [2.05, 4.69) is 4.98 Å². The molecule has 0 atom stereocenters. The smallest absolute Gasteiger partial charge is 0.185 e. The summed E-state index contributed by atoms with van der Waals surface area (Å²) in [5.74, 6) is 0.904. The van der Waals surface area contributed by atoms with Crippen LogP contribution in [-0.2, 0) is 0 Å². The molecule has 0 aliphatic heterocycles. The predicted molar refractivity (Wildman–Crippen MR) is 69.8 cm³/mol. The molecule has 0 aliphatic rings. The number of halogens is 1. The Morgan fingerprint density at radius 1 is 1.17 bits per heavy atom. The third kappa shape index (κ3) is 1.69. The molecule has 0 radical (unpaired) electrons. The topological polar surface area (TPSA) is 43.1 Å². The number of furan rings is 1. The Morgan fingerprint density at radius 3 is 2.83 bits per heavy atom. The molecule has 0 bridgehead atoms. The molecule has 88 valence electrons. The van der Waals surface area contributed by atoms with Crippen LogP contribution in [0.4, 0.5) is 0 Å². The molecule has 0 unspecified atom stereocenters. The third-order valence-corrected chi connectivity index (χ3v) is 3.05. The summed E-state index contributed by atoms with van der Waals surface area (Å²) in [6.07, 6.45) is 2.38. The molecule has 0 saturated carbocycles. The molecule has 3 rings (SSSR count). The SMILES string of the molecule is O=Cc1ccc(-c2ccc(Cl)c3cccnc23)o1. The van der Waals surface area contributed by atoms with Crippen molar-refractivity contribution in [1.29, 1.82) is 0 Å². The van der Waals surface area contributed by atoms with E-state index in [-0.39, 0.29) is 0 Å². The lowest BCUT2D eigenvalue weighted by atomic mass is 10.1. The Morgan fingerprint density at radius 2 is 2.06 bits per heavy atom. The molecular formula is C14H8ClNO2. The Bertz CT molecular complexity index is 733. The van der Waals surface area contributed by atoms with Gasteiger partial charge < -0.3 is 4.42 Å². The Hall–Kier alpha value is -2.13. The molecule has 0 spiro atoms. The summed E-state index contributed by atoms with van der Waals surface area (Å²) in [5, 5.41) is 1.50. The summed E-state index contributed by atoms with van der Waals surface area (Å²) in [5.41, 5.74) is 1.58. The molecular weight excluding hydrogens is 250 g/mol. The number of benzene rings is 1. The van der Waals surface area contributed by atoms with Crippen molar-refractivity contribution in [1.82, 2.24) is 4.98 Å². The first-order valence-electron chi connectivity index (χ1n) is 5.38. The molecule has 3 nitrogen and oxygen atoms in total. The standard InChI is InChI=1S/C14H8ClNO2/c15-12-5-4-11(13-6-3-9(8-17)18-13)14-10(12)2-1-7-16-14/h1-8H. The van der Waals surface area contributed by atoms with Crippen LogP contribution in [0.15, 0.2) is 47.0 Å². The van der Waals surface area contributed by atoms with Crippen molar-refractivity contribution in [2.45, 2.75) is 0 Å². The Balaban J connectivity index is 2.29. The van der Waals surface area contributed by atoms with Gasteiger partial charge >= 0.3 is 0 Å². The van der Waals surface area contributed by atoms with Gasteiger partial charge in [0.05, 0.1) is 10.5 Å². The summed E-state index contributed by atoms with van der Waals surface area (Å²) in [4.78, 5) is 15.0. The van der Waals surface area contributed by atoms with Crippen LogP contribution >= 0.6 is 11.6 Å². The van der Waals surface area contributed by atoms with Crippen LogP contribution in [0.3, 0.4) is 0 Å². The van der Waals surface area contributed by atoms with Crippen LogP contribution in [-0.4, -0.2) is 11.3 Å². The molecule has 0 fully saturated rings. The number of nitrogens with zero attached hydrogens (tertiary/aromatic N) is 1. The number of hydrogen-bond acceptors (Lipinski definition) is 3. The van der Waals surface area contributed by atoms with Crippen molar-refractivity contribution < 1.29 is 9.21 Å². The van der Waals surface area contributed by atoms with Crippen molar-refractivity contribution in [3.63, 3.8) is 0 Å². The van der Waals surface area contributed by atoms with Crippen molar-refractivity contribution in [3.8, 4) is 11.3 Å². The highest BCUT2D eigenvalue weighted by Gasteiger charge is 2.11. The molecule has 3 aromatic rings. The summed E-state index contributed by atoms with van der Waals surface area (Å²) in [7, 11) is 0. The molecule has 2 heterocycles. The summed E-state index contributed by atoms with van der Waals surface area (Å²) < 4.78 is 5.42. The third-order valence-electron chi connectivity index (χ3n) is 2.72. The molecule has 0 amide bonds. The predicted octanol–water partition coefficient (Wildman–Crippen LogP) is 3.96. The average Bonchev–Trinajstić information content (AvgIpc) is 2.88. The van der Waals surface area contributed by atoms with Crippen LogP contribution < -0.4 is 0 Å². The number of pyridine rings is 1. The highest BCUT2D eigenvalue weighted by Crippen LogP contribution is 2.32. The van der Waals surface area contributed by atoms with E-state index in [4.69, 9.17) is 16.0 Å². The van der Waals surface area contributed by atoms with Crippen LogP contribution in [0.1, 0.15) is 10.6 Å². The minimum atomic E-state index is 0.295. The maximum Gasteiger partial charge on any atom is 0.185 e.